The molecule has 3 aromatic rings. The molecule has 1 amide bonds. The number of aromatic amines is 1. The van der Waals surface area contributed by atoms with Crippen molar-refractivity contribution in [1.29, 1.82) is 0 Å². The highest BCUT2D eigenvalue weighted by atomic mass is 32.1. The van der Waals surface area contributed by atoms with Crippen molar-refractivity contribution in [1.82, 2.24) is 14.9 Å². The Kier molecular flexibility index (Phi) is 4.86. The van der Waals surface area contributed by atoms with E-state index in [1.807, 2.05) is 30.5 Å². The lowest BCUT2D eigenvalue weighted by atomic mass is 10.2. The number of nitrogens with zero attached hydrogens (tertiary/aromatic N) is 2. The lowest BCUT2D eigenvalue weighted by molar-refractivity contribution is -0.126. The molecule has 0 aliphatic rings. The molecule has 0 aliphatic carbocycles. The van der Waals surface area contributed by atoms with E-state index in [1.165, 1.54) is 0 Å². The van der Waals surface area contributed by atoms with Crippen LogP contribution in [0.25, 0.3) is 17.0 Å². The van der Waals surface area contributed by atoms with Gasteiger partial charge in [0.25, 0.3) is 5.56 Å². The molecule has 5 nitrogen and oxygen atoms in total. The van der Waals surface area contributed by atoms with E-state index in [-0.39, 0.29) is 18.0 Å². The molecular weight excluding hydrogens is 322 g/mol. The van der Waals surface area contributed by atoms with E-state index in [1.54, 1.807) is 46.6 Å². The Hall–Kier alpha value is -2.73. The zero-order valence-electron chi connectivity index (χ0n) is 13.2. The molecule has 0 unspecified atom stereocenters. The quantitative estimate of drug-likeness (QED) is 0.727. The SMILES string of the molecule is CCN(Cc1nc2ccccc2c(=O)[nH]1)C(=O)/C=C\c1cccs1. The first-order chi connectivity index (χ1) is 11.7. The minimum Gasteiger partial charge on any atom is -0.332 e. The second kappa shape index (κ2) is 7.23. The molecule has 0 atom stereocenters. The van der Waals surface area contributed by atoms with E-state index < -0.39 is 0 Å². The monoisotopic (exact) mass is 339 g/mol. The van der Waals surface area contributed by atoms with Crippen LogP contribution in [0.1, 0.15) is 17.6 Å². The maximum absolute atomic E-state index is 12.3. The lowest BCUT2D eigenvalue weighted by Crippen LogP contribution is -2.30. The van der Waals surface area contributed by atoms with Crippen LogP contribution in [0.15, 0.2) is 52.6 Å². The summed E-state index contributed by atoms with van der Waals surface area (Å²) in [7, 11) is 0. The fourth-order valence-corrected chi connectivity index (χ4v) is 3.00. The number of hydrogen-bond donors (Lipinski definition) is 1. The molecule has 6 heteroatoms. The van der Waals surface area contributed by atoms with Crippen molar-refractivity contribution < 1.29 is 4.79 Å². The Balaban J connectivity index is 1.80. The van der Waals surface area contributed by atoms with Gasteiger partial charge in [-0.3, -0.25) is 9.59 Å². The summed E-state index contributed by atoms with van der Waals surface area (Å²) in [5.74, 6) is 0.375. The fraction of sp³-hybridized carbons (Fsp3) is 0.167. The van der Waals surface area contributed by atoms with Crippen molar-refractivity contribution in [3.05, 3.63) is 68.9 Å². The highest BCUT2D eigenvalue weighted by molar-refractivity contribution is 7.10. The number of rotatable bonds is 5. The number of amides is 1. The van der Waals surface area contributed by atoms with Crippen LogP contribution >= 0.6 is 11.3 Å². The molecule has 1 N–H and O–H groups in total. The molecule has 0 saturated heterocycles. The second-order valence-electron chi connectivity index (χ2n) is 5.23. The van der Waals surface area contributed by atoms with Gasteiger partial charge in [-0.05, 0) is 36.6 Å². The van der Waals surface area contributed by atoms with Crippen LogP contribution in [0.5, 0.6) is 0 Å². The lowest BCUT2D eigenvalue weighted by Gasteiger charge is -2.18. The van der Waals surface area contributed by atoms with Crippen molar-refractivity contribution >= 4 is 34.2 Å². The van der Waals surface area contributed by atoms with Gasteiger partial charge in [0.15, 0.2) is 0 Å². The summed E-state index contributed by atoms with van der Waals surface area (Å²) >= 11 is 1.57. The average Bonchev–Trinajstić information content (AvgIpc) is 3.11. The zero-order chi connectivity index (χ0) is 16.9. The van der Waals surface area contributed by atoms with Crippen molar-refractivity contribution in [2.45, 2.75) is 13.5 Å². The van der Waals surface area contributed by atoms with Gasteiger partial charge in [-0.25, -0.2) is 4.98 Å². The Morgan fingerprint density at radius 3 is 2.88 bits per heavy atom. The number of thiophene rings is 1. The van der Waals surface area contributed by atoms with Gasteiger partial charge in [-0.15, -0.1) is 11.3 Å². The first-order valence-corrected chi connectivity index (χ1v) is 8.54. The summed E-state index contributed by atoms with van der Waals surface area (Å²) in [4.78, 5) is 34.3. The van der Waals surface area contributed by atoms with Gasteiger partial charge >= 0.3 is 0 Å². The van der Waals surface area contributed by atoms with Gasteiger partial charge in [0.05, 0.1) is 17.4 Å². The fourth-order valence-electron chi connectivity index (χ4n) is 2.38. The summed E-state index contributed by atoms with van der Waals surface area (Å²) in [6.07, 6.45) is 3.35. The van der Waals surface area contributed by atoms with E-state index in [4.69, 9.17) is 0 Å². The van der Waals surface area contributed by atoms with Crippen molar-refractivity contribution in [2.24, 2.45) is 0 Å². The van der Waals surface area contributed by atoms with Crippen LogP contribution in [0.3, 0.4) is 0 Å². The van der Waals surface area contributed by atoms with Crippen molar-refractivity contribution in [2.75, 3.05) is 6.54 Å². The van der Waals surface area contributed by atoms with E-state index in [0.29, 0.717) is 23.3 Å². The maximum Gasteiger partial charge on any atom is 0.258 e. The molecule has 122 valence electrons. The summed E-state index contributed by atoms with van der Waals surface area (Å²) in [6, 6.07) is 11.1. The van der Waals surface area contributed by atoms with Gasteiger partial charge in [-0.2, -0.15) is 0 Å². The number of aromatic nitrogens is 2. The third-order valence-corrected chi connectivity index (χ3v) is 4.47. The minimum absolute atomic E-state index is 0.110. The number of carbonyl (C=O) groups excluding carboxylic acids is 1. The molecule has 0 saturated carbocycles. The second-order valence-corrected chi connectivity index (χ2v) is 6.21. The van der Waals surface area contributed by atoms with Crippen molar-refractivity contribution in [3.63, 3.8) is 0 Å². The molecule has 2 heterocycles. The first kappa shape index (κ1) is 16.1. The Labute approximate surface area is 143 Å². The van der Waals surface area contributed by atoms with Crippen LogP contribution < -0.4 is 5.56 Å². The standard InChI is InChI=1S/C18H17N3O2S/c1-2-21(17(22)10-9-13-6-5-11-24-13)12-16-19-15-8-4-3-7-14(15)18(23)20-16/h3-11H,2,12H2,1H3,(H,19,20,23)/b10-9-. The molecule has 1 aromatic carbocycles. The van der Waals surface area contributed by atoms with E-state index in [2.05, 4.69) is 9.97 Å². The number of fused-ring (bicyclic) bond motifs is 1. The molecule has 0 fully saturated rings. The normalized spacial score (nSPS) is 11.2. The molecule has 0 radical (unpaired) electrons. The Bertz CT molecular complexity index is 929. The number of carbonyl (C=O) groups is 1. The smallest absolute Gasteiger partial charge is 0.258 e. The highest BCUT2D eigenvalue weighted by Gasteiger charge is 2.12. The van der Waals surface area contributed by atoms with Crippen LogP contribution in [0.2, 0.25) is 0 Å². The van der Waals surface area contributed by atoms with E-state index >= 15 is 0 Å². The molecule has 0 aliphatic heterocycles. The predicted molar refractivity (Wildman–Crippen MR) is 96.8 cm³/mol. The number of nitrogens with one attached hydrogen (secondary N) is 1. The van der Waals surface area contributed by atoms with Gasteiger partial charge in [0.2, 0.25) is 5.91 Å². The van der Waals surface area contributed by atoms with Crippen LogP contribution in [0.4, 0.5) is 0 Å². The number of benzene rings is 1. The summed E-state index contributed by atoms with van der Waals surface area (Å²) in [5.41, 5.74) is 0.446. The Morgan fingerprint density at radius 1 is 1.29 bits per heavy atom. The maximum atomic E-state index is 12.3. The van der Waals surface area contributed by atoms with Gasteiger partial charge in [0.1, 0.15) is 5.82 Å². The topological polar surface area (TPSA) is 66.1 Å². The third-order valence-electron chi connectivity index (χ3n) is 3.63. The average molecular weight is 339 g/mol. The van der Waals surface area contributed by atoms with Gasteiger partial charge in [0, 0.05) is 17.5 Å². The highest BCUT2D eigenvalue weighted by Crippen LogP contribution is 2.11. The number of hydrogen-bond acceptors (Lipinski definition) is 4. The molecule has 0 spiro atoms. The molecule has 24 heavy (non-hydrogen) atoms. The van der Waals surface area contributed by atoms with Gasteiger partial charge in [-0.1, -0.05) is 18.2 Å². The number of para-hydroxylation sites is 1. The largest absolute Gasteiger partial charge is 0.332 e. The number of likely N-dealkylation sites (N-methyl/N-ethyl adjacent to an activating group) is 1. The van der Waals surface area contributed by atoms with E-state index in [0.717, 1.165) is 4.88 Å². The number of H-pyrrole nitrogens is 1. The minimum atomic E-state index is -0.187. The van der Waals surface area contributed by atoms with Crippen LogP contribution in [-0.2, 0) is 11.3 Å². The first-order valence-electron chi connectivity index (χ1n) is 7.66. The Morgan fingerprint density at radius 2 is 2.12 bits per heavy atom. The predicted octanol–water partition coefficient (Wildman–Crippen LogP) is 3.05. The van der Waals surface area contributed by atoms with Gasteiger partial charge < -0.3 is 9.88 Å². The zero-order valence-corrected chi connectivity index (χ0v) is 14.0. The molecule has 2 aromatic heterocycles. The van der Waals surface area contributed by atoms with Crippen LogP contribution in [-0.4, -0.2) is 27.3 Å². The summed E-state index contributed by atoms with van der Waals surface area (Å²) in [5, 5.41) is 2.51. The van der Waals surface area contributed by atoms with Crippen molar-refractivity contribution in [3.8, 4) is 0 Å². The molecule has 3 rings (SSSR count). The molecule has 0 bridgehead atoms. The summed E-state index contributed by atoms with van der Waals surface area (Å²) in [6.45, 7) is 2.70. The third kappa shape index (κ3) is 3.60. The molecular formula is C18H17N3O2S. The summed E-state index contributed by atoms with van der Waals surface area (Å²) < 4.78 is 0. The van der Waals surface area contributed by atoms with E-state index in [9.17, 15) is 9.59 Å². The van der Waals surface area contributed by atoms with Crippen LogP contribution in [0, 0.1) is 0 Å².